The normalized spacial score (nSPS) is 19.4. The minimum atomic E-state index is -0.772. The highest BCUT2D eigenvalue weighted by molar-refractivity contribution is 4.76. The Kier molecular flexibility index (Phi) is 11.9. The molecule has 1 saturated heterocycles. The molecule has 9 heteroatoms. The van der Waals surface area contributed by atoms with Gasteiger partial charge in [-0.2, -0.15) is 0 Å². The largest absolute Gasteiger partial charge is 0.355 e. The molecule has 0 bridgehead atoms. The van der Waals surface area contributed by atoms with Gasteiger partial charge in [0.25, 0.3) is 0 Å². The van der Waals surface area contributed by atoms with E-state index in [0.717, 1.165) is 39.3 Å². The minimum absolute atomic E-state index is 0.255. The summed E-state index contributed by atoms with van der Waals surface area (Å²) in [5.41, 5.74) is 0. The van der Waals surface area contributed by atoms with Gasteiger partial charge in [0.15, 0.2) is 12.6 Å². The first kappa shape index (κ1) is 24.7. The summed E-state index contributed by atoms with van der Waals surface area (Å²) in [7, 11) is 10.00. The van der Waals surface area contributed by atoms with Gasteiger partial charge in [-0.15, -0.1) is 0 Å². The fraction of sp³-hybridized carbons (Fsp3) is 1.00. The first-order valence-corrected chi connectivity index (χ1v) is 9.37. The Labute approximate surface area is 164 Å². The second-order valence-electron chi connectivity index (χ2n) is 6.70. The number of nitrogens with zero attached hydrogens (tertiary/aromatic N) is 3. The molecule has 0 aromatic carbocycles. The van der Waals surface area contributed by atoms with E-state index in [9.17, 15) is 0 Å². The highest BCUT2D eigenvalue weighted by Gasteiger charge is 2.33. The zero-order valence-corrected chi connectivity index (χ0v) is 18.1. The maximum Gasteiger partial charge on any atom is 0.226 e. The molecule has 0 N–H and O–H groups in total. The first-order valence-electron chi connectivity index (χ1n) is 9.37. The molecule has 1 heterocycles. The van der Waals surface area contributed by atoms with Crippen LogP contribution in [0.15, 0.2) is 0 Å². The van der Waals surface area contributed by atoms with Crippen LogP contribution in [0.3, 0.4) is 0 Å². The van der Waals surface area contributed by atoms with E-state index in [1.54, 1.807) is 42.7 Å². The van der Waals surface area contributed by atoms with Gasteiger partial charge in [0, 0.05) is 102 Å². The molecule has 0 radical (unpaired) electrons. The number of hydrogen-bond acceptors (Lipinski definition) is 9. The Morgan fingerprint density at radius 2 is 0.963 bits per heavy atom. The molecule has 0 amide bonds. The zero-order chi connectivity index (χ0) is 20.3. The lowest BCUT2D eigenvalue weighted by Crippen LogP contribution is -2.53. The summed E-state index contributed by atoms with van der Waals surface area (Å²) in [5.74, 6) is -0.772. The average molecular weight is 394 g/mol. The number of ether oxygens (including phenoxy) is 6. The van der Waals surface area contributed by atoms with Crippen LogP contribution in [0.4, 0.5) is 0 Å². The fourth-order valence-corrected chi connectivity index (χ4v) is 3.17. The molecule has 27 heavy (non-hydrogen) atoms. The number of hydrogen-bond donors (Lipinski definition) is 0. The Bertz CT molecular complexity index is 352. The van der Waals surface area contributed by atoms with Crippen LogP contribution in [-0.2, 0) is 28.4 Å². The first-order chi connectivity index (χ1) is 13.0. The van der Waals surface area contributed by atoms with Crippen molar-refractivity contribution in [3.8, 4) is 0 Å². The molecule has 0 spiro atoms. The molecule has 1 aliphatic heterocycles. The molecule has 1 aliphatic rings. The standard InChI is InChI=1S/C18H39N3O6/c1-18(26-6,27-7)21-12-10-19(14-16(22-2)23-3)8-9-20(11-13-21)15-17(24-4)25-5/h16-17H,8-15H2,1-7H3. The third-order valence-corrected chi connectivity index (χ3v) is 5.30. The van der Waals surface area contributed by atoms with Crippen molar-refractivity contribution < 1.29 is 28.4 Å². The van der Waals surface area contributed by atoms with E-state index in [1.165, 1.54) is 0 Å². The number of rotatable bonds is 11. The van der Waals surface area contributed by atoms with Crippen LogP contribution in [0.25, 0.3) is 0 Å². The van der Waals surface area contributed by atoms with E-state index in [2.05, 4.69) is 14.7 Å². The summed E-state index contributed by atoms with van der Waals surface area (Å²) in [4.78, 5) is 6.88. The van der Waals surface area contributed by atoms with E-state index in [0.29, 0.717) is 13.1 Å². The third kappa shape index (κ3) is 7.88. The zero-order valence-electron chi connectivity index (χ0n) is 18.1. The maximum absolute atomic E-state index is 5.65. The van der Waals surface area contributed by atoms with Gasteiger partial charge in [0.1, 0.15) is 0 Å². The summed E-state index contributed by atoms with van der Waals surface area (Å²) >= 11 is 0. The van der Waals surface area contributed by atoms with Gasteiger partial charge in [0.05, 0.1) is 0 Å². The van der Waals surface area contributed by atoms with Gasteiger partial charge in [-0.25, -0.2) is 0 Å². The second-order valence-corrected chi connectivity index (χ2v) is 6.70. The average Bonchev–Trinajstić information content (AvgIpc) is 2.80. The summed E-state index contributed by atoms with van der Waals surface area (Å²) < 4.78 is 32.8. The molecule has 0 atom stereocenters. The van der Waals surface area contributed by atoms with Crippen molar-refractivity contribution in [2.75, 3.05) is 95.0 Å². The third-order valence-electron chi connectivity index (χ3n) is 5.30. The van der Waals surface area contributed by atoms with Gasteiger partial charge in [0.2, 0.25) is 5.91 Å². The van der Waals surface area contributed by atoms with Gasteiger partial charge >= 0.3 is 0 Å². The van der Waals surface area contributed by atoms with Crippen molar-refractivity contribution in [2.45, 2.75) is 25.4 Å². The van der Waals surface area contributed by atoms with Crippen molar-refractivity contribution >= 4 is 0 Å². The van der Waals surface area contributed by atoms with Crippen molar-refractivity contribution in [1.82, 2.24) is 14.7 Å². The Morgan fingerprint density at radius 1 is 0.630 bits per heavy atom. The molecule has 0 aliphatic carbocycles. The quantitative estimate of drug-likeness (QED) is 0.455. The van der Waals surface area contributed by atoms with Crippen LogP contribution in [0.5, 0.6) is 0 Å². The topological polar surface area (TPSA) is 65.1 Å². The summed E-state index contributed by atoms with van der Waals surface area (Å²) in [6.07, 6.45) is -0.510. The van der Waals surface area contributed by atoms with Gasteiger partial charge < -0.3 is 28.4 Å². The molecule has 0 saturated carbocycles. The van der Waals surface area contributed by atoms with E-state index in [4.69, 9.17) is 28.4 Å². The van der Waals surface area contributed by atoms with Crippen LogP contribution in [0.2, 0.25) is 0 Å². The van der Waals surface area contributed by atoms with Crippen LogP contribution in [-0.4, -0.2) is 128 Å². The molecule has 9 nitrogen and oxygen atoms in total. The lowest BCUT2D eigenvalue weighted by molar-refractivity contribution is -0.284. The van der Waals surface area contributed by atoms with Crippen molar-refractivity contribution in [1.29, 1.82) is 0 Å². The molecule has 0 aromatic heterocycles. The maximum atomic E-state index is 5.65. The fourth-order valence-electron chi connectivity index (χ4n) is 3.17. The lowest BCUT2D eigenvalue weighted by Gasteiger charge is -2.39. The Morgan fingerprint density at radius 3 is 1.26 bits per heavy atom. The van der Waals surface area contributed by atoms with E-state index >= 15 is 0 Å². The molecular weight excluding hydrogens is 354 g/mol. The monoisotopic (exact) mass is 393 g/mol. The van der Waals surface area contributed by atoms with E-state index in [1.807, 2.05) is 6.92 Å². The van der Waals surface area contributed by atoms with Crippen LogP contribution in [0.1, 0.15) is 6.92 Å². The van der Waals surface area contributed by atoms with E-state index < -0.39 is 5.91 Å². The predicted molar refractivity (Wildman–Crippen MR) is 102 cm³/mol. The molecule has 0 unspecified atom stereocenters. The summed E-state index contributed by atoms with van der Waals surface area (Å²) in [6.45, 7) is 8.47. The van der Waals surface area contributed by atoms with Gasteiger partial charge in [-0.3, -0.25) is 14.7 Å². The highest BCUT2D eigenvalue weighted by atomic mass is 16.7. The molecule has 0 aromatic rings. The van der Waals surface area contributed by atoms with Crippen molar-refractivity contribution in [3.05, 3.63) is 0 Å². The van der Waals surface area contributed by atoms with E-state index in [-0.39, 0.29) is 12.6 Å². The van der Waals surface area contributed by atoms with Crippen LogP contribution in [0, 0.1) is 0 Å². The molecular formula is C18H39N3O6. The minimum Gasteiger partial charge on any atom is -0.355 e. The predicted octanol–water partition coefficient (Wildman–Crippen LogP) is 0.110. The Balaban J connectivity index is 2.89. The highest BCUT2D eigenvalue weighted by Crippen LogP contribution is 2.18. The van der Waals surface area contributed by atoms with Crippen LogP contribution >= 0.6 is 0 Å². The van der Waals surface area contributed by atoms with Crippen molar-refractivity contribution in [2.24, 2.45) is 0 Å². The summed E-state index contributed by atoms with van der Waals surface area (Å²) in [6, 6.07) is 0. The van der Waals surface area contributed by atoms with Crippen LogP contribution < -0.4 is 0 Å². The smallest absolute Gasteiger partial charge is 0.226 e. The van der Waals surface area contributed by atoms with Crippen molar-refractivity contribution in [3.63, 3.8) is 0 Å². The molecule has 1 rings (SSSR count). The molecule has 1 fully saturated rings. The molecule has 162 valence electrons. The Hall–Kier alpha value is -0.360. The number of methoxy groups -OCH3 is 6. The second kappa shape index (κ2) is 13.0. The van der Waals surface area contributed by atoms with Gasteiger partial charge in [-0.05, 0) is 0 Å². The van der Waals surface area contributed by atoms with Gasteiger partial charge in [-0.1, -0.05) is 0 Å². The lowest BCUT2D eigenvalue weighted by atomic mass is 10.3. The summed E-state index contributed by atoms with van der Waals surface area (Å²) in [5, 5.41) is 0. The SMILES string of the molecule is COC(CN1CCN(CC(OC)OC)CCN(C(C)(OC)OC)CC1)OC.